The van der Waals surface area contributed by atoms with Gasteiger partial charge in [-0.1, -0.05) is 18.2 Å². The van der Waals surface area contributed by atoms with Crippen molar-refractivity contribution in [3.63, 3.8) is 0 Å². The number of carbonyl (C=O) groups excluding carboxylic acids is 2. The summed E-state index contributed by atoms with van der Waals surface area (Å²) >= 11 is -0.851. The molecule has 0 radical (unpaired) electrons. The molecule has 200 valence electrons. The van der Waals surface area contributed by atoms with E-state index in [1.807, 2.05) is 6.92 Å². The lowest BCUT2D eigenvalue weighted by molar-refractivity contribution is -0.274. The van der Waals surface area contributed by atoms with Gasteiger partial charge in [-0.2, -0.15) is 4.55 Å². The van der Waals surface area contributed by atoms with E-state index >= 15 is 0 Å². The van der Waals surface area contributed by atoms with Crippen LogP contribution in [0.3, 0.4) is 0 Å². The summed E-state index contributed by atoms with van der Waals surface area (Å²) in [6.07, 6.45) is -4.85. The van der Waals surface area contributed by atoms with Gasteiger partial charge in [0.1, 0.15) is 28.8 Å². The second kappa shape index (κ2) is 12.5. The number of benzene rings is 3. The number of halogens is 3. The highest BCUT2D eigenvalue weighted by Crippen LogP contribution is 2.32. The molecule has 0 aliphatic carbocycles. The Labute approximate surface area is 219 Å². The van der Waals surface area contributed by atoms with Crippen molar-refractivity contribution >= 4 is 34.5 Å². The standard InChI is InChI=1S/C26H24F3N3O5S/c1-3-38(35)21-10-7-17(8-11-21)13-24(34)32-18-9-12-22(25(30)31-16(2)33)23(14-18)36-19-5-4-6-20(15-19)37-26(27,28)29/h4-12,14-15,35H,3,13H2,1-2H3,(H2-,30,31,32,33,34)/p+1. The number of amidine groups is 1. The number of nitrogens with one attached hydrogen (secondary N) is 3. The van der Waals surface area contributed by atoms with Gasteiger partial charge in [0.05, 0.1) is 12.0 Å². The average molecular weight is 549 g/mol. The van der Waals surface area contributed by atoms with Gasteiger partial charge in [-0.3, -0.25) is 15.0 Å². The van der Waals surface area contributed by atoms with E-state index in [0.717, 1.165) is 22.6 Å². The van der Waals surface area contributed by atoms with Crippen molar-refractivity contribution in [2.75, 3.05) is 11.1 Å². The molecule has 0 bridgehead atoms. The zero-order valence-corrected chi connectivity index (χ0v) is 21.2. The Balaban J connectivity index is 1.81. The molecule has 12 heteroatoms. The third kappa shape index (κ3) is 8.53. The minimum Gasteiger partial charge on any atom is -0.456 e. The van der Waals surface area contributed by atoms with Crippen molar-refractivity contribution in [1.29, 1.82) is 5.41 Å². The van der Waals surface area contributed by atoms with Gasteiger partial charge in [0.15, 0.2) is 16.1 Å². The number of carbonyl (C=O) groups is 2. The number of ether oxygens (including phenoxy) is 2. The van der Waals surface area contributed by atoms with Crippen LogP contribution in [-0.2, 0) is 27.2 Å². The number of rotatable bonds is 9. The first kappa shape index (κ1) is 28.5. The monoisotopic (exact) mass is 548 g/mol. The fraction of sp³-hybridized carbons (Fsp3) is 0.192. The predicted molar refractivity (Wildman–Crippen MR) is 138 cm³/mol. The molecule has 38 heavy (non-hydrogen) atoms. The zero-order chi connectivity index (χ0) is 27.9. The van der Waals surface area contributed by atoms with Crippen molar-refractivity contribution in [3.05, 3.63) is 77.9 Å². The van der Waals surface area contributed by atoms with Crippen molar-refractivity contribution in [1.82, 2.24) is 5.32 Å². The summed E-state index contributed by atoms with van der Waals surface area (Å²) in [5.74, 6) is -1.09. The van der Waals surface area contributed by atoms with Crippen molar-refractivity contribution in [3.8, 4) is 17.2 Å². The normalized spacial score (nSPS) is 11.8. The van der Waals surface area contributed by atoms with Crippen molar-refractivity contribution in [2.24, 2.45) is 0 Å². The minimum atomic E-state index is -4.89. The van der Waals surface area contributed by atoms with E-state index < -0.39 is 29.2 Å². The van der Waals surface area contributed by atoms with Crippen LogP contribution < -0.4 is 20.1 Å². The van der Waals surface area contributed by atoms with Gasteiger partial charge in [0.25, 0.3) is 0 Å². The Morgan fingerprint density at radius 1 is 1.03 bits per heavy atom. The molecule has 1 unspecified atom stereocenters. The van der Waals surface area contributed by atoms with Crippen LogP contribution in [0.15, 0.2) is 71.6 Å². The van der Waals surface area contributed by atoms with Crippen LogP contribution in [0.2, 0.25) is 0 Å². The van der Waals surface area contributed by atoms with Crippen molar-refractivity contribution in [2.45, 2.75) is 31.5 Å². The van der Waals surface area contributed by atoms with E-state index in [1.54, 1.807) is 24.3 Å². The maximum absolute atomic E-state index is 12.6. The van der Waals surface area contributed by atoms with Crippen LogP contribution in [0.25, 0.3) is 0 Å². The van der Waals surface area contributed by atoms with E-state index in [4.69, 9.17) is 10.1 Å². The quantitative estimate of drug-likeness (QED) is 0.160. The van der Waals surface area contributed by atoms with Gasteiger partial charge in [0, 0.05) is 24.7 Å². The molecule has 0 aromatic heterocycles. The second-order valence-electron chi connectivity index (χ2n) is 7.91. The van der Waals surface area contributed by atoms with Crippen LogP contribution in [0, 0.1) is 5.41 Å². The molecule has 1 atom stereocenters. The first-order chi connectivity index (χ1) is 17.9. The molecule has 3 rings (SSSR count). The minimum absolute atomic E-state index is 0.00427. The summed E-state index contributed by atoms with van der Waals surface area (Å²) in [6.45, 7) is 3.09. The van der Waals surface area contributed by atoms with E-state index in [2.05, 4.69) is 15.4 Å². The molecule has 2 amide bonds. The van der Waals surface area contributed by atoms with Gasteiger partial charge in [0.2, 0.25) is 11.8 Å². The molecule has 0 aliphatic rings. The van der Waals surface area contributed by atoms with Crippen LogP contribution in [0.5, 0.6) is 17.2 Å². The van der Waals surface area contributed by atoms with Gasteiger partial charge in [-0.05, 0) is 48.9 Å². The second-order valence-corrected chi connectivity index (χ2v) is 9.69. The molecular weight excluding hydrogens is 523 g/mol. The van der Waals surface area contributed by atoms with E-state index in [9.17, 15) is 27.3 Å². The number of alkyl halides is 3. The van der Waals surface area contributed by atoms with Crippen LogP contribution in [0.4, 0.5) is 18.9 Å². The molecule has 3 aromatic carbocycles. The molecule has 3 aromatic rings. The summed E-state index contributed by atoms with van der Waals surface area (Å²) in [7, 11) is 0. The third-order valence-corrected chi connectivity index (χ3v) is 6.30. The molecule has 0 saturated carbocycles. The summed E-state index contributed by atoms with van der Waals surface area (Å²) in [6, 6.07) is 16.2. The Morgan fingerprint density at radius 2 is 1.71 bits per heavy atom. The average Bonchev–Trinajstić information content (AvgIpc) is 2.83. The first-order valence-electron chi connectivity index (χ1n) is 11.3. The molecule has 8 nitrogen and oxygen atoms in total. The molecule has 0 fully saturated rings. The maximum Gasteiger partial charge on any atom is 0.573 e. The molecule has 0 heterocycles. The van der Waals surface area contributed by atoms with E-state index in [1.165, 1.54) is 37.3 Å². The molecule has 0 spiro atoms. The fourth-order valence-corrected chi connectivity index (χ4v) is 4.10. The number of hydrogen-bond donors (Lipinski definition) is 4. The fourth-order valence-electron chi connectivity index (χ4n) is 3.32. The number of anilines is 1. The van der Waals surface area contributed by atoms with Crippen LogP contribution in [-0.4, -0.2) is 34.3 Å². The maximum atomic E-state index is 12.6. The first-order valence-corrected chi connectivity index (χ1v) is 12.6. The molecular formula is C26H25F3N3O5S+. The Hall–Kier alpha value is -4.03. The Bertz CT molecular complexity index is 1320. The van der Waals surface area contributed by atoms with Crippen LogP contribution >= 0.6 is 0 Å². The van der Waals surface area contributed by atoms with Gasteiger partial charge < -0.3 is 20.1 Å². The summed E-state index contributed by atoms with van der Waals surface area (Å²) in [5.41, 5.74) is 1.15. The van der Waals surface area contributed by atoms with Gasteiger partial charge in [-0.25, -0.2) is 0 Å². The molecule has 4 N–H and O–H groups in total. The molecule has 0 saturated heterocycles. The van der Waals surface area contributed by atoms with Crippen LogP contribution in [0.1, 0.15) is 25.0 Å². The lowest BCUT2D eigenvalue weighted by Crippen LogP contribution is -2.28. The summed E-state index contributed by atoms with van der Waals surface area (Å²) < 4.78 is 57.4. The van der Waals surface area contributed by atoms with Gasteiger partial charge in [-0.15, -0.1) is 13.2 Å². The lowest BCUT2D eigenvalue weighted by Gasteiger charge is -2.15. The Kier molecular flexibility index (Phi) is 9.37. The highest BCUT2D eigenvalue weighted by Gasteiger charge is 2.31. The summed E-state index contributed by atoms with van der Waals surface area (Å²) in [5, 5.41) is 13.2. The number of hydrogen-bond acceptors (Lipinski definition) is 6. The lowest BCUT2D eigenvalue weighted by atomic mass is 10.1. The highest BCUT2D eigenvalue weighted by molar-refractivity contribution is 7.91. The van der Waals surface area contributed by atoms with E-state index in [-0.39, 0.29) is 35.2 Å². The van der Waals surface area contributed by atoms with E-state index in [0.29, 0.717) is 11.4 Å². The van der Waals surface area contributed by atoms with Gasteiger partial charge >= 0.3 is 6.36 Å². The van der Waals surface area contributed by atoms with Crippen molar-refractivity contribution < 1.29 is 36.8 Å². The zero-order valence-electron chi connectivity index (χ0n) is 20.4. The predicted octanol–water partition coefficient (Wildman–Crippen LogP) is 5.49. The summed E-state index contributed by atoms with van der Waals surface area (Å²) in [4.78, 5) is 24.9. The highest BCUT2D eigenvalue weighted by atomic mass is 32.2. The SMILES string of the molecule is CC[S+](O)c1ccc(CC(=O)Nc2ccc(C(=N)NC(C)=O)c(Oc3cccc(OC(F)(F)F)c3)c2)cc1. The third-order valence-electron chi connectivity index (χ3n) is 4.94. The number of amides is 2. The molecule has 0 aliphatic heterocycles. The topological polar surface area (TPSA) is 121 Å². The smallest absolute Gasteiger partial charge is 0.456 e. The Morgan fingerprint density at radius 3 is 2.34 bits per heavy atom. The largest absolute Gasteiger partial charge is 0.573 e.